The Balaban J connectivity index is 1.42. The van der Waals surface area contributed by atoms with Gasteiger partial charge in [-0.1, -0.05) is 0 Å². The minimum absolute atomic E-state index is 0.185. The Kier molecular flexibility index (Phi) is 4.68. The van der Waals surface area contributed by atoms with Gasteiger partial charge in [-0.2, -0.15) is 5.10 Å². The lowest BCUT2D eigenvalue weighted by molar-refractivity contribution is 0.0766. The molecule has 1 unspecified atom stereocenters. The number of nitrogens with one attached hydrogen (secondary N) is 1. The van der Waals surface area contributed by atoms with E-state index in [1.165, 1.54) is 18.2 Å². The van der Waals surface area contributed by atoms with Crippen LogP contribution in [0.3, 0.4) is 0 Å². The molecule has 1 N–H and O–H groups in total. The molecule has 28 heavy (non-hydrogen) atoms. The van der Waals surface area contributed by atoms with Crippen LogP contribution in [0.25, 0.3) is 11.3 Å². The number of aromatic nitrogens is 2. The Labute approximate surface area is 159 Å². The minimum Gasteiger partial charge on any atom is -0.488 e. The highest BCUT2D eigenvalue weighted by Gasteiger charge is 2.29. The smallest absolute Gasteiger partial charge is 0.339 e. The molecule has 0 aliphatic carbocycles. The van der Waals surface area contributed by atoms with E-state index in [0.29, 0.717) is 42.4 Å². The van der Waals surface area contributed by atoms with E-state index in [-0.39, 0.29) is 17.8 Å². The van der Waals surface area contributed by atoms with Crippen molar-refractivity contribution in [1.82, 2.24) is 15.1 Å². The van der Waals surface area contributed by atoms with Gasteiger partial charge in [0.25, 0.3) is 5.91 Å². The van der Waals surface area contributed by atoms with E-state index < -0.39 is 5.63 Å². The van der Waals surface area contributed by atoms with E-state index in [1.807, 2.05) is 0 Å². The largest absolute Gasteiger partial charge is 0.488 e. The van der Waals surface area contributed by atoms with Gasteiger partial charge < -0.3 is 14.1 Å². The number of hydrogen-bond acceptors (Lipinski definition) is 5. The van der Waals surface area contributed by atoms with E-state index in [0.717, 1.165) is 5.56 Å². The van der Waals surface area contributed by atoms with Crippen molar-refractivity contribution >= 4 is 5.91 Å². The van der Waals surface area contributed by atoms with Crippen LogP contribution in [0.2, 0.25) is 0 Å². The zero-order chi connectivity index (χ0) is 19.7. The van der Waals surface area contributed by atoms with Gasteiger partial charge in [0.2, 0.25) is 0 Å². The Morgan fingerprint density at radius 1 is 1.29 bits per heavy atom. The van der Waals surface area contributed by atoms with Crippen LogP contribution in [-0.2, 0) is 0 Å². The van der Waals surface area contributed by atoms with Crippen LogP contribution >= 0.6 is 0 Å². The number of hydrogen-bond donors (Lipinski definition) is 1. The number of benzene rings is 1. The second-order valence-corrected chi connectivity index (χ2v) is 6.68. The predicted octanol–water partition coefficient (Wildman–Crippen LogP) is 2.77. The van der Waals surface area contributed by atoms with Crippen LogP contribution in [0.5, 0.6) is 5.75 Å². The first-order chi connectivity index (χ1) is 13.5. The fraction of sp³-hybridized carbons (Fsp3) is 0.250. The van der Waals surface area contributed by atoms with Gasteiger partial charge in [-0.3, -0.25) is 9.89 Å². The van der Waals surface area contributed by atoms with E-state index >= 15 is 0 Å². The number of likely N-dealkylation sites (tertiary alicyclic amines) is 1. The summed E-state index contributed by atoms with van der Waals surface area (Å²) in [5.41, 5.74) is 1.18. The fourth-order valence-electron chi connectivity index (χ4n) is 3.22. The van der Waals surface area contributed by atoms with Gasteiger partial charge in [-0.05, 0) is 37.3 Å². The van der Waals surface area contributed by atoms with Crippen LogP contribution in [0.1, 0.15) is 22.7 Å². The zero-order valence-electron chi connectivity index (χ0n) is 15.1. The molecule has 8 heteroatoms. The van der Waals surface area contributed by atoms with Crippen molar-refractivity contribution in [2.45, 2.75) is 19.4 Å². The monoisotopic (exact) mass is 383 g/mol. The summed E-state index contributed by atoms with van der Waals surface area (Å²) >= 11 is 0. The second kappa shape index (κ2) is 7.30. The maximum Gasteiger partial charge on any atom is 0.339 e. The molecule has 0 bridgehead atoms. The van der Waals surface area contributed by atoms with Crippen molar-refractivity contribution in [2.75, 3.05) is 13.1 Å². The zero-order valence-corrected chi connectivity index (χ0v) is 15.1. The molecule has 0 radical (unpaired) electrons. The standard InChI is InChI=1S/C20H18FN3O4/c1-12-8-16(9-19(25)27-12)28-15-6-7-24(11-15)20(26)18-10-17(22-23-18)13-2-4-14(21)5-3-13/h2-5,8-10,15H,6-7,11H2,1H3,(H,22,23). The van der Waals surface area contributed by atoms with Gasteiger partial charge in [-0.15, -0.1) is 0 Å². The molecule has 1 aromatic carbocycles. The molecule has 1 aliphatic heterocycles. The molecular formula is C20H18FN3O4. The van der Waals surface area contributed by atoms with Gasteiger partial charge in [-0.25, -0.2) is 9.18 Å². The van der Waals surface area contributed by atoms with Crippen LogP contribution in [0, 0.1) is 12.7 Å². The first-order valence-corrected chi connectivity index (χ1v) is 8.87. The molecule has 4 rings (SSSR count). The number of aryl methyl sites for hydroxylation is 1. The number of carbonyl (C=O) groups is 1. The first-order valence-electron chi connectivity index (χ1n) is 8.87. The molecule has 7 nitrogen and oxygen atoms in total. The third-order valence-corrected chi connectivity index (χ3v) is 4.55. The van der Waals surface area contributed by atoms with Crippen molar-refractivity contribution in [3.8, 4) is 17.0 Å². The van der Waals surface area contributed by atoms with Crippen LogP contribution in [-0.4, -0.2) is 40.2 Å². The molecular weight excluding hydrogens is 365 g/mol. The molecule has 3 aromatic rings. The Hall–Kier alpha value is -3.42. The summed E-state index contributed by atoms with van der Waals surface area (Å²) < 4.78 is 23.8. The predicted molar refractivity (Wildman–Crippen MR) is 98.6 cm³/mol. The van der Waals surface area contributed by atoms with Crippen LogP contribution in [0.4, 0.5) is 4.39 Å². The normalized spacial score (nSPS) is 16.4. The topological polar surface area (TPSA) is 88.4 Å². The number of rotatable bonds is 4. The molecule has 0 spiro atoms. The van der Waals surface area contributed by atoms with E-state index in [2.05, 4.69) is 10.2 Å². The van der Waals surface area contributed by atoms with Crippen LogP contribution < -0.4 is 10.4 Å². The summed E-state index contributed by atoms with van der Waals surface area (Å²) in [5, 5.41) is 6.89. The molecule has 1 atom stereocenters. The van der Waals surface area contributed by atoms with E-state index in [4.69, 9.17) is 9.15 Å². The van der Waals surface area contributed by atoms with Gasteiger partial charge in [0.1, 0.15) is 29.1 Å². The lowest BCUT2D eigenvalue weighted by atomic mass is 10.1. The minimum atomic E-state index is -0.466. The number of nitrogens with zero attached hydrogens (tertiary/aromatic N) is 2. The van der Waals surface area contributed by atoms with Gasteiger partial charge in [0.05, 0.1) is 18.3 Å². The second-order valence-electron chi connectivity index (χ2n) is 6.68. The van der Waals surface area contributed by atoms with E-state index in [9.17, 15) is 14.0 Å². The Bertz CT molecular complexity index is 1060. The first kappa shape index (κ1) is 18.0. The molecule has 2 aromatic heterocycles. The summed E-state index contributed by atoms with van der Waals surface area (Å²) in [6.45, 7) is 2.62. The summed E-state index contributed by atoms with van der Waals surface area (Å²) in [5.74, 6) is 0.396. The lowest BCUT2D eigenvalue weighted by Crippen LogP contribution is -2.31. The van der Waals surface area contributed by atoms with Crippen molar-refractivity contribution in [3.63, 3.8) is 0 Å². The molecule has 1 fully saturated rings. The quantitative estimate of drug-likeness (QED) is 0.748. The van der Waals surface area contributed by atoms with Crippen LogP contribution in [0.15, 0.2) is 51.7 Å². The summed E-state index contributed by atoms with van der Waals surface area (Å²) in [7, 11) is 0. The highest BCUT2D eigenvalue weighted by Crippen LogP contribution is 2.22. The van der Waals surface area contributed by atoms with Gasteiger partial charge >= 0.3 is 5.63 Å². The maximum absolute atomic E-state index is 13.1. The van der Waals surface area contributed by atoms with Crippen molar-refractivity contribution < 1.29 is 18.3 Å². The SMILES string of the molecule is Cc1cc(OC2CCN(C(=O)c3cc(-c4ccc(F)cc4)n[nH]3)C2)cc(=O)o1. The highest BCUT2D eigenvalue weighted by atomic mass is 19.1. The summed E-state index contributed by atoms with van der Waals surface area (Å²) in [6.07, 6.45) is 0.453. The molecule has 1 amide bonds. The molecule has 144 valence electrons. The third kappa shape index (κ3) is 3.80. The molecule has 0 saturated carbocycles. The Morgan fingerprint density at radius 2 is 2.07 bits per heavy atom. The third-order valence-electron chi connectivity index (χ3n) is 4.55. The summed E-state index contributed by atoms with van der Waals surface area (Å²) in [4.78, 5) is 25.8. The number of amides is 1. The maximum atomic E-state index is 13.1. The van der Waals surface area contributed by atoms with Crippen molar-refractivity contribution in [2.24, 2.45) is 0 Å². The number of carbonyl (C=O) groups excluding carboxylic acids is 1. The van der Waals surface area contributed by atoms with E-state index in [1.54, 1.807) is 36.1 Å². The fourth-order valence-corrected chi connectivity index (χ4v) is 3.22. The average molecular weight is 383 g/mol. The van der Waals surface area contributed by atoms with Gasteiger partial charge in [0.15, 0.2) is 0 Å². The summed E-state index contributed by atoms with van der Waals surface area (Å²) in [6, 6.07) is 10.5. The van der Waals surface area contributed by atoms with Crippen molar-refractivity contribution in [3.05, 3.63) is 70.2 Å². The lowest BCUT2D eigenvalue weighted by Gasteiger charge is -2.16. The number of H-pyrrole nitrogens is 1. The highest BCUT2D eigenvalue weighted by molar-refractivity contribution is 5.93. The number of aromatic amines is 1. The van der Waals surface area contributed by atoms with Crippen molar-refractivity contribution in [1.29, 1.82) is 0 Å². The molecule has 1 saturated heterocycles. The number of halogens is 1. The van der Waals surface area contributed by atoms with Gasteiger partial charge in [0, 0.05) is 24.6 Å². The molecule has 3 heterocycles. The molecule has 1 aliphatic rings. The number of ether oxygens (including phenoxy) is 1. The Morgan fingerprint density at radius 3 is 2.82 bits per heavy atom. The average Bonchev–Trinajstić information content (AvgIpc) is 3.31.